The van der Waals surface area contributed by atoms with Gasteiger partial charge in [-0.3, -0.25) is 4.79 Å². The summed E-state index contributed by atoms with van der Waals surface area (Å²) in [5.41, 5.74) is 0. The Balaban J connectivity index is 2.39. The number of aliphatic hydroxyl groups excluding tert-OH is 1. The smallest absolute Gasteiger partial charge is 0.306 e. The molecule has 1 fully saturated rings. The van der Waals surface area contributed by atoms with Crippen LogP contribution in [0, 0.1) is 18.3 Å². The number of aliphatic hydroxyl groups is 1. The van der Waals surface area contributed by atoms with E-state index in [-0.39, 0.29) is 18.4 Å². The first-order chi connectivity index (χ1) is 5.24. The second-order valence-electron chi connectivity index (χ2n) is 3.03. The second-order valence-corrected chi connectivity index (χ2v) is 3.03. The SMILES string of the molecule is O=C(O)C1CC[CH]C(CO)C1. The molecule has 0 aromatic heterocycles. The molecule has 3 heteroatoms. The zero-order valence-corrected chi connectivity index (χ0v) is 6.36. The predicted octanol–water partition coefficient (Wildman–Crippen LogP) is 0.684. The van der Waals surface area contributed by atoms with Crippen molar-refractivity contribution in [2.24, 2.45) is 11.8 Å². The number of carboxylic acid groups (broad SMARTS) is 1. The van der Waals surface area contributed by atoms with Gasteiger partial charge in [0.05, 0.1) is 5.92 Å². The number of aliphatic carboxylic acids is 1. The monoisotopic (exact) mass is 157 g/mol. The Morgan fingerprint density at radius 1 is 1.64 bits per heavy atom. The van der Waals surface area contributed by atoms with Gasteiger partial charge in [-0.1, -0.05) is 0 Å². The molecule has 2 atom stereocenters. The van der Waals surface area contributed by atoms with E-state index in [1.165, 1.54) is 0 Å². The third kappa shape index (κ3) is 2.19. The Kier molecular flexibility index (Phi) is 2.88. The third-order valence-electron chi connectivity index (χ3n) is 2.19. The molecule has 2 N–H and O–H groups in total. The van der Waals surface area contributed by atoms with Gasteiger partial charge in [-0.05, 0) is 31.6 Å². The molecule has 0 heterocycles. The van der Waals surface area contributed by atoms with Crippen molar-refractivity contribution < 1.29 is 15.0 Å². The third-order valence-corrected chi connectivity index (χ3v) is 2.19. The number of hydrogen-bond donors (Lipinski definition) is 2. The van der Waals surface area contributed by atoms with Gasteiger partial charge in [-0.15, -0.1) is 0 Å². The van der Waals surface area contributed by atoms with Crippen LogP contribution in [0.4, 0.5) is 0 Å². The van der Waals surface area contributed by atoms with E-state index >= 15 is 0 Å². The summed E-state index contributed by atoms with van der Waals surface area (Å²) in [6, 6.07) is 0. The molecule has 2 unspecified atom stereocenters. The van der Waals surface area contributed by atoms with Crippen LogP contribution in [0.1, 0.15) is 19.3 Å². The van der Waals surface area contributed by atoms with Crippen molar-refractivity contribution in [2.45, 2.75) is 19.3 Å². The minimum atomic E-state index is -0.725. The van der Waals surface area contributed by atoms with Crippen LogP contribution in [0.25, 0.3) is 0 Å². The van der Waals surface area contributed by atoms with Crippen molar-refractivity contribution in [1.82, 2.24) is 0 Å². The van der Waals surface area contributed by atoms with Crippen LogP contribution in [-0.2, 0) is 4.79 Å². The number of hydrogen-bond acceptors (Lipinski definition) is 2. The van der Waals surface area contributed by atoms with E-state index in [0.717, 1.165) is 12.8 Å². The van der Waals surface area contributed by atoms with E-state index in [2.05, 4.69) is 0 Å². The van der Waals surface area contributed by atoms with Gasteiger partial charge >= 0.3 is 5.97 Å². The fourth-order valence-corrected chi connectivity index (χ4v) is 1.49. The van der Waals surface area contributed by atoms with Crippen molar-refractivity contribution in [3.05, 3.63) is 6.42 Å². The number of rotatable bonds is 2. The van der Waals surface area contributed by atoms with Crippen LogP contribution in [0.5, 0.6) is 0 Å². The summed E-state index contributed by atoms with van der Waals surface area (Å²) < 4.78 is 0. The van der Waals surface area contributed by atoms with E-state index in [9.17, 15) is 4.79 Å². The quantitative estimate of drug-likeness (QED) is 0.619. The Morgan fingerprint density at radius 3 is 2.91 bits per heavy atom. The summed E-state index contributed by atoms with van der Waals surface area (Å²) >= 11 is 0. The van der Waals surface area contributed by atoms with Crippen molar-refractivity contribution in [3.63, 3.8) is 0 Å². The molecule has 1 aliphatic rings. The van der Waals surface area contributed by atoms with Gasteiger partial charge in [0.2, 0.25) is 0 Å². The van der Waals surface area contributed by atoms with Crippen LogP contribution in [0.15, 0.2) is 0 Å². The molecule has 1 saturated carbocycles. The van der Waals surface area contributed by atoms with Gasteiger partial charge in [-0.25, -0.2) is 0 Å². The zero-order valence-electron chi connectivity index (χ0n) is 6.36. The Bertz CT molecular complexity index is 144. The lowest BCUT2D eigenvalue weighted by Gasteiger charge is -2.24. The van der Waals surface area contributed by atoms with E-state index in [0.29, 0.717) is 6.42 Å². The maximum absolute atomic E-state index is 10.5. The molecule has 0 aromatic rings. The first kappa shape index (κ1) is 8.53. The van der Waals surface area contributed by atoms with Gasteiger partial charge in [0.15, 0.2) is 0 Å². The van der Waals surface area contributed by atoms with Gasteiger partial charge in [0.1, 0.15) is 0 Å². The van der Waals surface area contributed by atoms with Crippen LogP contribution in [-0.4, -0.2) is 22.8 Å². The van der Waals surface area contributed by atoms with Crippen LogP contribution in [0.3, 0.4) is 0 Å². The first-order valence-electron chi connectivity index (χ1n) is 3.91. The minimum absolute atomic E-state index is 0.0871. The first-order valence-corrected chi connectivity index (χ1v) is 3.91. The summed E-state index contributed by atoms with van der Waals surface area (Å²) in [4.78, 5) is 10.5. The highest BCUT2D eigenvalue weighted by Crippen LogP contribution is 2.27. The Morgan fingerprint density at radius 2 is 2.36 bits per heavy atom. The van der Waals surface area contributed by atoms with Gasteiger partial charge in [0.25, 0.3) is 0 Å². The second kappa shape index (κ2) is 3.72. The maximum Gasteiger partial charge on any atom is 0.306 e. The van der Waals surface area contributed by atoms with Gasteiger partial charge < -0.3 is 10.2 Å². The standard InChI is InChI=1S/C8H13O3/c9-5-6-2-1-3-7(4-6)8(10)11/h2,6-7,9H,1,3-5H2,(H,10,11). The molecule has 1 radical (unpaired) electrons. The summed E-state index contributed by atoms with van der Waals surface area (Å²) in [5.74, 6) is -0.862. The average Bonchev–Trinajstić information content (AvgIpc) is 2.05. The fraction of sp³-hybridized carbons (Fsp3) is 0.750. The minimum Gasteiger partial charge on any atom is -0.481 e. The highest BCUT2D eigenvalue weighted by atomic mass is 16.4. The largest absolute Gasteiger partial charge is 0.481 e. The maximum atomic E-state index is 10.5. The normalized spacial score (nSPS) is 31.7. The predicted molar refractivity (Wildman–Crippen MR) is 39.9 cm³/mol. The zero-order chi connectivity index (χ0) is 8.27. The van der Waals surface area contributed by atoms with Crippen molar-refractivity contribution in [1.29, 1.82) is 0 Å². The molecule has 1 rings (SSSR count). The van der Waals surface area contributed by atoms with E-state index in [4.69, 9.17) is 10.2 Å². The molecular formula is C8H13O3. The van der Waals surface area contributed by atoms with E-state index in [1.54, 1.807) is 0 Å². The molecule has 3 nitrogen and oxygen atoms in total. The molecule has 0 spiro atoms. The average molecular weight is 157 g/mol. The summed E-state index contributed by atoms with van der Waals surface area (Å²) in [6.45, 7) is 0.0871. The summed E-state index contributed by atoms with van der Waals surface area (Å²) in [6.07, 6.45) is 4.17. The number of carbonyl (C=O) groups is 1. The topological polar surface area (TPSA) is 57.5 Å². The fourth-order valence-electron chi connectivity index (χ4n) is 1.49. The van der Waals surface area contributed by atoms with Gasteiger partial charge in [-0.2, -0.15) is 0 Å². The molecular weight excluding hydrogens is 144 g/mol. The van der Waals surface area contributed by atoms with Crippen LogP contribution in [0.2, 0.25) is 0 Å². The number of carboxylic acids is 1. The van der Waals surface area contributed by atoms with Crippen LogP contribution >= 0.6 is 0 Å². The van der Waals surface area contributed by atoms with Gasteiger partial charge in [0, 0.05) is 6.61 Å². The molecule has 1 aliphatic carbocycles. The molecule has 0 saturated heterocycles. The van der Waals surface area contributed by atoms with Crippen molar-refractivity contribution in [3.8, 4) is 0 Å². The molecule has 0 amide bonds. The lowest BCUT2D eigenvalue weighted by atomic mass is 9.82. The molecule has 0 aromatic carbocycles. The van der Waals surface area contributed by atoms with Crippen molar-refractivity contribution in [2.75, 3.05) is 6.61 Å². The molecule has 11 heavy (non-hydrogen) atoms. The highest BCUT2D eigenvalue weighted by molar-refractivity contribution is 5.70. The van der Waals surface area contributed by atoms with Crippen molar-refractivity contribution >= 4 is 5.97 Å². The Hall–Kier alpha value is -0.570. The van der Waals surface area contributed by atoms with E-state index < -0.39 is 5.97 Å². The molecule has 63 valence electrons. The Labute approximate surface area is 66.0 Å². The lowest BCUT2D eigenvalue weighted by Crippen LogP contribution is -2.24. The summed E-state index contributed by atoms with van der Waals surface area (Å²) in [5, 5.41) is 17.4. The summed E-state index contributed by atoms with van der Waals surface area (Å²) in [7, 11) is 0. The van der Waals surface area contributed by atoms with Crippen LogP contribution < -0.4 is 0 Å². The molecule has 0 bridgehead atoms. The highest BCUT2D eigenvalue weighted by Gasteiger charge is 2.26. The molecule has 0 aliphatic heterocycles. The lowest BCUT2D eigenvalue weighted by molar-refractivity contribution is -0.143. The van der Waals surface area contributed by atoms with E-state index in [1.807, 2.05) is 6.42 Å².